The molecule has 0 saturated heterocycles. The molecule has 1 aliphatic rings. The van der Waals surface area contributed by atoms with Crippen LogP contribution in [0, 0.1) is 0 Å². The van der Waals surface area contributed by atoms with E-state index >= 15 is 0 Å². The maximum atomic E-state index is 11.7. The number of aromatic nitrogens is 6. The molecule has 0 bridgehead atoms. The first-order chi connectivity index (χ1) is 18.1. The molecule has 6 rings (SSSR count). The number of anilines is 1. The Morgan fingerprint density at radius 1 is 1.11 bits per heavy atom. The second kappa shape index (κ2) is 9.81. The number of aryl methyl sites for hydroxylation is 1. The van der Waals surface area contributed by atoms with Crippen molar-refractivity contribution in [2.45, 2.75) is 31.7 Å². The number of ether oxygens (including phenoxy) is 1. The summed E-state index contributed by atoms with van der Waals surface area (Å²) in [5.74, 6) is -0.205. The summed E-state index contributed by atoms with van der Waals surface area (Å²) in [5, 5.41) is 18.4. The predicted molar refractivity (Wildman–Crippen MR) is 138 cm³/mol. The zero-order valence-corrected chi connectivity index (χ0v) is 20.0. The van der Waals surface area contributed by atoms with Crippen molar-refractivity contribution in [1.29, 1.82) is 0 Å². The predicted octanol–water partition coefficient (Wildman–Crippen LogP) is 3.81. The lowest BCUT2D eigenvalue weighted by molar-refractivity contribution is -0.137. The normalized spacial score (nSPS) is 13.7. The Hall–Kier alpha value is -4.60. The SMILES string of the molecule is O=C(O)C[C@@H](c1cnc2nccnc2c1)n1ncc2cc(OCCc3ccc4c(n3)CCCN4)ccc21. The number of benzene rings is 1. The number of rotatable bonds is 8. The molecule has 0 amide bonds. The fourth-order valence-electron chi connectivity index (χ4n) is 4.73. The first kappa shape index (κ1) is 22.8. The van der Waals surface area contributed by atoms with Gasteiger partial charge < -0.3 is 15.2 Å². The van der Waals surface area contributed by atoms with Crippen molar-refractivity contribution in [2.24, 2.45) is 0 Å². The number of pyridine rings is 2. The highest BCUT2D eigenvalue weighted by Crippen LogP contribution is 2.29. The van der Waals surface area contributed by atoms with Crippen LogP contribution in [0.1, 0.15) is 35.8 Å². The van der Waals surface area contributed by atoms with Gasteiger partial charge in [0.2, 0.25) is 0 Å². The van der Waals surface area contributed by atoms with Crippen LogP contribution in [0.5, 0.6) is 5.75 Å². The summed E-state index contributed by atoms with van der Waals surface area (Å²) in [6.45, 7) is 1.51. The number of aliphatic carboxylic acids is 1. The van der Waals surface area contributed by atoms with E-state index in [4.69, 9.17) is 9.72 Å². The molecule has 186 valence electrons. The lowest BCUT2D eigenvalue weighted by atomic mass is 10.1. The van der Waals surface area contributed by atoms with Gasteiger partial charge in [-0.25, -0.2) is 9.97 Å². The molecule has 5 aromatic rings. The number of nitrogens with one attached hydrogen (secondary N) is 1. The van der Waals surface area contributed by atoms with E-state index in [9.17, 15) is 9.90 Å². The van der Waals surface area contributed by atoms with Crippen LogP contribution in [-0.2, 0) is 17.6 Å². The summed E-state index contributed by atoms with van der Waals surface area (Å²) in [7, 11) is 0. The van der Waals surface area contributed by atoms with Crippen molar-refractivity contribution in [3.8, 4) is 5.75 Å². The summed E-state index contributed by atoms with van der Waals surface area (Å²) in [4.78, 5) is 29.4. The molecule has 0 radical (unpaired) electrons. The minimum atomic E-state index is -0.931. The van der Waals surface area contributed by atoms with Crippen LogP contribution in [0.3, 0.4) is 0 Å². The Balaban J connectivity index is 1.21. The average molecular weight is 496 g/mol. The average Bonchev–Trinajstić information content (AvgIpc) is 3.34. The van der Waals surface area contributed by atoms with Crippen molar-refractivity contribution in [1.82, 2.24) is 29.7 Å². The fraction of sp³-hybridized carbons (Fsp3) is 0.259. The van der Waals surface area contributed by atoms with E-state index in [1.54, 1.807) is 29.5 Å². The molecule has 4 aromatic heterocycles. The smallest absolute Gasteiger partial charge is 0.305 e. The number of fused-ring (bicyclic) bond motifs is 3. The molecule has 10 nitrogen and oxygen atoms in total. The number of carboxylic acids is 1. The number of carboxylic acid groups (broad SMARTS) is 1. The van der Waals surface area contributed by atoms with Crippen LogP contribution in [0.4, 0.5) is 5.69 Å². The highest BCUT2D eigenvalue weighted by Gasteiger charge is 2.22. The first-order valence-electron chi connectivity index (χ1n) is 12.3. The standard InChI is InChI=1S/C27H25N7O3/c35-26(36)14-25(18-13-23-27(31-15-18)30-10-9-29-23)34-24-6-4-20(12-17(24)16-32-34)37-11-7-19-3-5-21-22(33-19)2-1-8-28-21/h3-6,9-10,12-13,15-16,25,28H,1-2,7-8,11,14H2,(H,35,36)/t25-/m0/s1. The summed E-state index contributed by atoms with van der Waals surface area (Å²) in [6, 6.07) is 11.1. The Labute approximate surface area is 212 Å². The maximum absolute atomic E-state index is 11.7. The van der Waals surface area contributed by atoms with Crippen LogP contribution in [-0.4, -0.2) is 53.9 Å². The zero-order valence-electron chi connectivity index (χ0n) is 20.0. The molecule has 1 aromatic carbocycles. The molecule has 0 spiro atoms. The number of nitrogens with zero attached hydrogens (tertiary/aromatic N) is 6. The summed E-state index contributed by atoms with van der Waals surface area (Å²) in [6.07, 6.45) is 9.20. The Bertz CT molecular complexity index is 1600. The molecule has 2 N–H and O–H groups in total. The van der Waals surface area contributed by atoms with Gasteiger partial charge in [0.25, 0.3) is 0 Å². The fourth-order valence-corrected chi connectivity index (χ4v) is 4.73. The van der Waals surface area contributed by atoms with Gasteiger partial charge in [0.05, 0.1) is 42.2 Å². The zero-order chi connectivity index (χ0) is 25.2. The van der Waals surface area contributed by atoms with E-state index in [1.807, 2.05) is 30.3 Å². The topological polar surface area (TPSA) is 128 Å². The highest BCUT2D eigenvalue weighted by molar-refractivity contribution is 5.81. The summed E-state index contributed by atoms with van der Waals surface area (Å²) >= 11 is 0. The molecule has 0 unspecified atom stereocenters. The highest BCUT2D eigenvalue weighted by atomic mass is 16.5. The van der Waals surface area contributed by atoms with E-state index < -0.39 is 12.0 Å². The molecule has 0 saturated carbocycles. The van der Waals surface area contributed by atoms with Gasteiger partial charge in [-0.2, -0.15) is 5.10 Å². The third-order valence-corrected chi connectivity index (χ3v) is 6.53. The number of hydrogen-bond acceptors (Lipinski definition) is 8. The number of carbonyl (C=O) groups is 1. The minimum Gasteiger partial charge on any atom is -0.493 e. The lowest BCUT2D eigenvalue weighted by Gasteiger charge is -2.18. The summed E-state index contributed by atoms with van der Waals surface area (Å²) in [5.41, 5.74) is 5.90. The lowest BCUT2D eigenvalue weighted by Crippen LogP contribution is -2.16. The number of hydrogen-bond donors (Lipinski definition) is 2. The van der Waals surface area contributed by atoms with Gasteiger partial charge in [-0.3, -0.25) is 19.4 Å². The van der Waals surface area contributed by atoms with Crippen molar-refractivity contribution < 1.29 is 14.6 Å². The van der Waals surface area contributed by atoms with E-state index in [1.165, 1.54) is 0 Å². The van der Waals surface area contributed by atoms with Crippen LogP contribution >= 0.6 is 0 Å². The molecule has 1 atom stereocenters. The second-order valence-electron chi connectivity index (χ2n) is 9.02. The Morgan fingerprint density at radius 2 is 2.03 bits per heavy atom. The summed E-state index contributed by atoms with van der Waals surface area (Å²) < 4.78 is 7.74. The van der Waals surface area contributed by atoms with Gasteiger partial charge in [0, 0.05) is 42.6 Å². The van der Waals surface area contributed by atoms with Crippen molar-refractivity contribution in [2.75, 3.05) is 18.5 Å². The first-order valence-corrected chi connectivity index (χ1v) is 12.3. The maximum Gasteiger partial charge on any atom is 0.305 e. The van der Waals surface area contributed by atoms with Gasteiger partial charge in [-0.15, -0.1) is 0 Å². The van der Waals surface area contributed by atoms with Crippen LogP contribution < -0.4 is 10.1 Å². The van der Waals surface area contributed by atoms with Gasteiger partial charge in [0.15, 0.2) is 5.65 Å². The van der Waals surface area contributed by atoms with E-state index in [0.29, 0.717) is 29.8 Å². The molecule has 1 aliphatic heterocycles. The van der Waals surface area contributed by atoms with E-state index in [-0.39, 0.29) is 6.42 Å². The molecule has 0 aliphatic carbocycles. The molecule has 10 heteroatoms. The van der Waals surface area contributed by atoms with Gasteiger partial charge >= 0.3 is 5.97 Å². The van der Waals surface area contributed by atoms with Crippen LogP contribution in [0.15, 0.2) is 61.2 Å². The molecular weight excluding hydrogens is 470 g/mol. The molecule has 5 heterocycles. The molecule has 37 heavy (non-hydrogen) atoms. The van der Waals surface area contributed by atoms with E-state index in [0.717, 1.165) is 53.1 Å². The van der Waals surface area contributed by atoms with Crippen molar-refractivity contribution >= 4 is 33.7 Å². The van der Waals surface area contributed by atoms with Crippen LogP contribution in [0.25, 0.3) is 22.1 Å². The Morgan fingerprint density at radius 3 is 2.95 bits per heavy atom. The third-order valence-electron chi connectivity index (χ3n) is 6.53. The third kappa shape index (κ3) is 4.77. The van der Waals surface area contributed by atoms with Crippen molar-refractivity contribution in [3.05, 3.63) is 78.1 Å². The van der Waals surface area contributed by atoms with Gasteiger partial charge in [0.1, 0.15) is 11.3 Å². The van der Waals surface area contributed by atoms with Gasteiger partial charge in [-0.1, -0.05) is 0 Å². The molecular formula is C27H25N7O3. The van der Waals surface area contributed by atoms with Gasteiger partial charge in [-0.05, 0) is 54.8 Å². The Kier molecular flexibility index (Phi) is 6.05. The quantitative estimate of drug-likeness (QED) is 0.330. The molecule has 0 fully saturated rings. The largest absolute Gasteiger partial charge is 0.493 e. The monoisotopic (exact) mass is 495 g/mol. The van der Waals surface area contributed by atoms with Crippen molar-refractivity contribution in [3.63, 3.8) is 0 Å². The van der Waals surface area contributed by atoms with E-state index in [2.05, 4.69) is 31.4 Å². The minimum absolute atomic E-state index is 0.147. The van der Waals surface area contributed by atoms with Crippen LogP contribution in [0.2, 0.25) is 0 Å². The second-order valence-corrected chi connectivity index (χ2v) is 9.02.